The van der Waals surface area contributed by atoms with Gasteiger partial charge in [-0.15, -0.1) is 13.2 Å². The molecular weight excluding hydrogens is 471 g/mol. The Bertz CT molecular complexity index is 1610. The number of aromatic nitrogens is 4. The first-order valence-electron chi connectivity index (χ1n) is 10.4. The van der Waals surface area contributed by atoms with Crippen LogP contribution in [-0.2, 0) is 22.3 Å². The SMILES string of the molecule is CCS(=O)(=O)c1c(-c2nc3cc(OC(F)(F)F)ccc3n2C)nn2cc(C3(C#N)CC3)ccc12. The topological polar surface area (TPSA) is 102 Å². The minimum absolute atomic E-state index is 0.0199. The van der Waals surface area contributed by atoms with Crippen molar-refractivity contribution in [2.75, 3.05) is 5.75 Å². The minimum atomic E-state index is -4.85. The fourth-order valence-electron chi connectivity index (χ4n) is 4.09. The lowest BCUT2D eigenvalue weighted by Crippen LogP contribution is -2.16. The van der Waals surface area contributed by atoms with Crippen LogP contribution in [0.25, 0.3) is 28.1 Å². The molecule has 0 N–H and O–H groups in total. The van der Waals surface area contributed by atoms with Gasteiger partial charge in [-0.3, -0.25) is 0 Å². The quantitative estimate of drug-likeness (QED) is 0.418. The molecule has 8 nitrogen and oxygen atoms in total. The van der Waals surface area contributed by atoms with Crippen molar-refractivity contribution in [2.24, 2.45) is 7.05 Å². The molecule has 176 valence electrons. The molecule has 0 aliphatic heterocycles. The summed E-state index contributed by atoms with van der Waals surface area (Å²) in [6.45, 7) is 1.52. The highest BCUT2D eigenvalue weighted by atomic mass is 32.2. The summed E-state index contributed by atoms with van der Waals surface area (Å²) in [4.78, 5) is 4.38. The van der Waals surface area contributed by atoms with Crippen molar-refractivity contribution < 1.29 is 26.3 Å². The van der Waals surface area contributed by atoms with Gasteiger partial charge in [-0.1, -0.05) is 13.0 Å². The Morgan fingerprint density at radius 3 is 2.53 bits per heavy atom. The maximum Gasteiger partial charge on any atom is 0.573 e. The number of hydrogen-bond acceptors (Lipinski definition) is 6. The lowest BCUT2D eigenvalue weighted by Gasteiger charge is -2.08. The lowest BCUT2D eigenvalue weighted by atomic mass is 10.00. The lowest BCUT2D eigenvalue weighted by molar-refractivity contribution is -0.274. The molecule has 0 spiro atoms. The second-order valence-corrected chi connectivity index (χ2v) is 10.4. The third-order valence-electron chi connectivity index (χ3n) is 6.09. The number of aryl methyl sites for hydroxylation is 1. The number of hydrogen-bond donors (Lipinski definition) is 0. The van der Waals surface area contributed by atoms with Crippen molar-refractivity contribution in [1.29, 1.82) is 5.26 Å². The average molecular weight is 489 g/mol. The van der Waals surface area contributed by atoms with Gasteiger partial charge in [-0.2, -0.15) is 10.4 Å². The van der Waals surface area contributed by atoms with E-state index in [1.807, 2.05) is 0 Å². The average Bonchev–Trinajstić information content (AvgIpc) is 3.38. The first-order valence-corrected chi connectivity index (χ1v) is 12.0. The number of ether oxygens (including phenoxy) is 1. The molecule has 0 radical (unpaired) electrons. The van der Waals surface area contributed by atoms with Gasteiger partial charge >= 0.3 is 6.36 Å². The Hall–Kier alpha value is -3.59. The molecule has 3 heterocycles. The van der Waals surface area contributed by atoms with Gasteiger partial charge in [0.2, 0.25) is 0 Å². The maximum absolute atomic E-state index is 13.1. The van der Waals surface area contributed by atoms with E-state index in [2.05, 4.69) is 20.9 Å². The number of imidazole rings is 1. The molecule has 0 saturated heterocycles. The molecule has 0 amide bonds. The number of alkyl halides is 3. The first-order chi connectivity index (χ1) is 16.0. The predicted molar refractivity (Wildman–Crippen MR) is 116 cm³/mol. The van der Waals surface area contributed by atoms with Crippen LogP contribution < -0.4 is 4.74 Å². The molecular formula is C22H18F3N5O3S. The molecule has 1 saturated carbocycles. The van der Waals surface area contributed by atoms with Crippen LogP contribution in [0, 0.1) is 11.3 Å². The Balaban J connectivity index is 1.73. The number of halogens is 3. The zero-order valence-electron chi connectivity index (χ0n) is 18.1. The van der Waals surface area contributed by atoms with Crippen molar-refractivity contribution in [2.45, 2.75) is 36.4 Å². The number of nitrogens with zero attached hydrogens (tertiary/aromatic N) is 5. The summed E-state index contributed by atoms with van der Waals surface area (Å²) < 4.78 is 71.0. The second-order valence-electron chi connectivity index (χ2n) is 8.22. The van der Waals surface area contributed by atoms with Gasteiger partial charge in [0.15, 0.2) is 15.7 Å². The summed E-state index contributed by atoms with van der Waals surface area (Å²) in [6.07, 6.45) is -1.76. The minimum Gasteiger partial charge on any atom is -0.406 e. The zero-order valence-corrected chi connectivity index (χ0v) is 18.9. The Morgan fingerprint density at radius 1 is 1.21 bits per heavy atom. The van der Waals surface area contributed by atoms with E-state index in [1.165, 1.54) is 17.5 Å². The van der Waals surface area contributed by atoms with Gasteiger partial charge < -0.3 is 9.30 Å². The standard InChI is InChI=1S/C22H18F3N5O3S/c1-3-34(31,32)19-17-6-4-13(21(12-26)8-9-21)11-30(17)28-18(19)20-27-15-10-14(33-22(23,24)25)5-7-16(15)29(20)2/h4-7,10-11H,3,8-9H2,1-2H3. The third-order valence-corrected chi connectivity index (χ3v) is 7.87. The van der Waals surface area contributed by atoms with Crippen molar-refractivity contribution in [3.05, 3.63) is 42.1 Å². The fourth-order valence-corrected chi connectivity index (χ4v) is 5.28. The molecule has 4 aromatic rings. The Labute approximate surface area is 192 Å². The van der Waals surface area contributed by atoms with E-state index in [-0.39, 0.29) is 27.7 Å². The van der Waals surface area contributed by atoms with Crippen LogP contribution in [0.2, 0.25) is 0 Å². The summed E-state index contributed by atoms with van der Waals surface area (Å²) in [6, 6.07) is 9.39. The summed E-state index contributed by atoms with van der Waals surface area (Å²) in [7, 11) is -2.13. The van der Waals surface area contributed by atoms with Crippen LogP contribution in [0.4, 0.5) is 13.2 Å². The predicted octanol–water partition coefficient (Wildman–Crippen LogP) is 4.14. The fraction of sp³-hybridized carbons (Fsp3) is 0.318. The molecule has 3 aromatic heterocycles. The summed E-state index contributed by atoms with van der Waals surface area (Å²) in [5.41, 5.74) is 1.25. The van der Waals surface area contributed by atoms with Crippen LogP contribution in [0.1, 0.15) is 25.3 Å². The van der Waals surface area contributed by atoms with Crippen LogP contribution in [0.3, 0.4) is 0 Å². The highest BCUT2D eigenvalue weighted by molar-refractivity contribution is 7.91. The number of nitriles is 1. The van der Waals surface area contributed by atoms with Crippen LogP contribution >= 0.6 is 0 Å². The molecule has 1 aliphatic carbocycles. The largest absolute Gasteiger partial charge is 0.573 e. The molecule has 0 unspecified atom stereocenters. The summed E-state index contributed by atoms with van der Waals surface area (Å²) in [5, 5.41) is 14.0. The summed E-state index contributed by atoms with van der Waals surface area (Å²) in [5.74, 6) is -0.437. The second kappa shape index (κ2) is 7.20. The highest BCUT2D eigenvalue weighted by Crippen LogP contribution is 2.47. The van der Waals surface area contributed by atoms with Crippen LogP contribution in [0.5, 0.6) is 5.75 Å². The van der Waals surface area contributed by atoms with Crippen molar-refractivity contribution >= 4 is 26.4 Å². The van der Waals surface area contributed by atoms with Gasteiger partial charge in [-0.25, -0.2) is 17.9 Å². The van der Waals surface area contributed by atoms with E-state index >= 15 is 0 Å². The summed E-state index contributed by atoms with van der Waals surface area (Å²) >= 11 is 0. The van der Waals surface area contributed by atoms with Crippen molar-refractivity contribution in [1.82, 2.24) is 19.2 Å². The van der Waals surface area contributed by atoms with Crippen molar-refractivity contribution in [3.8, 4) is 23.3 Å². The molecule has 12 heteroatoms. The van der Waals surface area contributed by atoms with E-state index < -0.39 is 27.4 Å². The Kier molecular flexibility index (Phi) is 4.71. The first kappa shape index (κ1) is 22.2. The van der Waals surface area contributed by atoms with E-state index in [0.29, 0.717) is 11.0 Å². The Morgan fingerprint density at radius 2 is 1.91 bits per heavy atom. The van der Waals surface area contributed by atoms with Crippen molar-refractivity contribution in [3.63, 3.8) is 0 Å². The number of fused-ring (bicyclic) bond motifs is 2. The maximum atomic E-state index is 13.1. The third kappa shape index (κ3) is 3.47. The molecule has 1 aromatic carbocycles. The van der Waals surface area contributed by atoms with Gasteiger partial charge in [-0.05, 0) is 36.6 Å². The smallest absolute Gasteiger partial charge is 0.406 e. The molecule has 0 atom stereocenters. The monoisotopic (exact) mass is 489 g/mol. The van der Waals surface area contributed by atoms with E-state index in [9.17, 15) is 26.9 Å². The molecule has 1 aliphatic rings. The van der Waals surface area contributed by atoms with Crippen LogP contribution in [-0.4, -0.2) is 39.7 Å². The number of rotatable bonds is 5. The van der Waals surface area contributed by atoms with E-state index in [1.54, 1.807) is 29.9 Å². The zero-order chi connectivity index (χ0) is 24.5. The van der Waals surface area contributed by atoms with Gasteiger partial charge in [0.05, 0.1) is 33.8 Å². The van der Waals surface area contributed by atoms with Crippen LogP contribution in [0.15, 0.2) is 41.4 Å². The molecule has 5 rings (SSSR count). The highest BCUT2D eigenvalue weighted by Gasteiger charge is 2.45. The van der Waals surface area contributed by atoms with Gasteiger partial charge in [0.25, 0.3) is 0 Å². The van der Waals surface area contributed by atoms with Gasteiger partial charge in [0.1, 0.15) is 16.3 Å². The van der Waals surface area contributed by atoms with E-state index in [0.717, 1.165) is 30.5 Å². The molecule has 34 heavy (non-hydrogen) atoms. The number of pyridine rings is 1. The molecule has 0 bridgehead atoms. The normalized spacial score (nSPS) is 15.5. The van der Waals surface area contributed by atoms with E-state index in [4.69, 9.17) is 0 Å². The number of sulfone groups is 1. The van der Waals surface area contributed by atoms with Gasteiger partial charge in [0, 0.05) is 19.3 Å². The number of benzene rings is 1. The molecule has 1 fully saturated rings.